The number of nitrogens with one attached hydrogen (secondary N) is 2. The summed E-state index contributed by atoms with van der Waals surface area (Å²) in [6.07, 6.45) is 1.35. The van der Waals surface area contributed by atoms with E-state index in [1.54, 1.807) is 36.4 Å². The molecule has 0 spiro atoms. The summed E-state index contributed by atoms with van der Waals surface area (Å²) in [5.74, 6) is -0.484. The Bertz CT molecular complexity index is 902. The van der Waals surface area contributed by atoms with Gasteiger partial charge in [-0.1, -0.05) is 23.7 Å². The lowest BCUT2D eigenvalue weighted by Crippen LogP contribution is -2.32. The molecular weight excluding hydrogens is 398 g/mol. The molecule has 29 heavy (non-hydrogen) atoms. The van der Waals surface area contributed by atoms with E-state index in [0.717, 1.165) is 0 Å². The van der Waals surface area contributed by atoms with Crippen LogP contribution < -0.4 is 25.0 Å². The molecule has 9 heteroatoms. The maximum atomic E-state index is 12.0. The third kappa shape index (κ3) is 6.11. The van der Waals surface area contributed by atoms with Crippen molar-refractivity contribution in [3.8, 4) is 17.2 Å². The fourth-order valence-electron chi connectivity index (χ4n) is 2.35. The number of halogens is 1. The molecule has 0 aliphatic rings. The van der Waals surface area contributed by atoms with Crippen molar-refractivity contribution in [2.45, 2.75) is 13.8 Å². The second-order valence-electron chi connectivity index (χ2n) is 5.55. The van der Waals surface area contributed by atoms with Crippen molar-refractivity contribution < 1.29 is 23.8 Å². The number of hydrogen-bond donors (Lipinski definition) is 2. The second-order valence-corrected chi connectivity index (χ2v) is 5.96. The molecular formula is C20H22ClN3O5. The number of hydrazone groups is 1. The van der Waals surface area contributed by atoms with Gasteiger partial charge >= 0.3 is 11.8 Å². The first kappa shape index (κ1) is 22.0. The Labute approximate surface area is 173 Å². The topological polar surface area (TPSA) is 98.2 Å². The van der Waals surface area contributed by atoms with Crippen molar-refractivity contribution in [3.63, 3.8) is 0 Å². The molecule has 8 nitrogen and oxygen atoms in total. The van der Waals surface area contributed by atoms with Gasteiger partial charge in [0.2, 0.25) is 0 Å². The highest BCUT2D eigenvalue weighted by Gasteiger charge is 2.15. The molecule has 0 radical (unpaired) electrons. The first-order valence-electron chi connectivity index (χ1n) is 8.86. The number of benzene rings is 2. The van der Waals surface area contributed by atoms with Gasteiger partial charge in [0.15, 0.2) is 11.5 Å². The van der Waals surface area contributed by atoms with Gasteiger partial charge < -0.3 is 19.5 Å². The van der Waals surface area contributed by atoms with Gasteiger partial charge in [-0.25, -0.2) is 5.43 Å². The summed E-state index contributed by atoms with van der Waals surface area (Å²) in [4.78, 5) is 24.0. The molecule has 2 N–H and O–H groups in total. The van der Waals surface area contributed by atoms with E-state index in [2.05, 4.69) is 15.8 Å². The van der Waals surface area contributed by atoms with Crippen LogP contribution in [0.1, 0.15) is 19.4 Å². The van der Waals surface area contributed by atoms with Gasteiger partial charge in [0.05, 0.1) is 37.2 Å². The highest BCUT2D eigenvalue weighted by atomic mass is 35.5. The van der Waals surface area contributed by atoms with Crippen LogP contribution in [0.15, 0.2) is 41.5 Å². The molecule has 0 heterocycles. The zero-order chi connectivity index (χ0) is 21.2. The fourth-order valence-corrected chi connectivity index (χ4v) is 2.63. The number of carbonyl (C=O) groups excluding carboxylic acids is 2. The van der Waals surface area contributed by atoms with Crippen LogP contribution in [-0.4, -0.2) is 38.4 Å². The van der Waals surface area contributed by atoms with E-state index in [9.17, 15) is 9.59 Å². The Kier molecular flexibility index (Phi) is 8.29. The van der Waals surface area contributed by atoms with Crippen molar-refractivity contribution >= 4 is 35.3 Å². The molecule has 0 fully saturated rings. The van der Waals surface area contributed by atoms with Gasteiger partial charge in [0, 0.05) is 0 Å². The summed E-state index contributed by atoms with van der Waals surface area (Å²) in [6, 6.07) is 10.0. The summed E-state index contributed by atoms with van der Waals surface area (Å²) < 4.78 is 16.1. The van der Waals surface area contributed by atoms with Crippen LogP contribution in [0, 0.1) is 0 Å². The van der Waals surface area contributed by atoms with Crippen LogP contribution in [0.25, 0.3) is 0 Å². The quantitative estimate of drug-likeness (QED) is 0.389. The maximum Gasteiger partial charge on any atom is 0.329 e. The van der Waals surface area contributed by atoms with Crippen LogP contribution in [0.3, 0.4) is 0 Å². The molecule has 0 unspecified atom stereocenters. The summed E-state index contributed by atoms with van der Waals surface area (Å²) in [7, 11) is 1.47. The zero-order valence-electron chi connectivity index (χ0n) is 16.3. The average molecular weight is 420 g/mol. The number of amides is 2. The minimum absolute atomic E-state index is 0.347. The molecule has 0 aromatic heterocycles. The van der Waals surface area contributed by atoms with Crippen molar-refractivity contribution in [2.24, 2.45) is 5.10 Å². The standard InChI is InChI=1S/C20H22ClN3O5/c1-4-28-17-11-13(10-14(21)18(17)29-5-2)12-22-24-20(26)19(25)23-15-8-6-7-9-16(15)27-3/h6-12H,4-5H2,1-3H3,(H,23,25)(H,24,26)/b22-12-. The largest absolute Gasteiger partial charge is 0.495 e. The summed E-state index contributed by atoms with van der Waals surface area (Å²) >= 11 is 6.23. The van der Waals surface area contributed by atoms with E-state index in [1.165, 1.54) is 13.3 Å². The third-order valence-electron chi connectivity index (χ3n) is 3.56. The second kappa shape index (κ2) is 10.9. The predicted octanol–water partition coefficient (Wildman–Crippen LogP) is 3.23. The van der Waals surface area contributed by atoms with Crippen LogP contribution >= 0.6 is 11.6 Å². The van der Waals surface area contributed by atoms with Gasteiger partial charge in [-0.3, -0.25) is 9.59 Å². The van der Waals surface area contributed by atoms with E-state index in [4.69, 9.17) is 25.8 Å². The van der Waals surface area contributed by atoms with Crippen LogP contribution in [-0.2, 0) is 9.59 Å². The highest BCUT2D eigenvalue weighted by Crippen LogP contribution is 2.36. The Hall–Kier alpha value is -3.26. The van der Waals surface area contributed by atoms with Gasteiger partial charge in [-0.15, -0.1) is 0 Å². The van der Waals surface area contributed by atoms with Gasteiger partial charge in [-0.2, -0.15) is 5.10 Å². The fraction of sp³-hybridized carbons (Fsp3) is 0.250. The molecule has 0 aliphatic heterocycles. The summed E-state index contributed by atoms with van der Waals surface area (Å²) in [5, 5.41) is 6.60. The van der Waals surface area contributed by atoms with E-state index in [0.29, 0.717) is 46.7 Å². The lowest BCUT2D eigenvalue weighted by atomic mass is 10.2. The summed E-state index contributed by atoms with van der Waals surface area (Å²) in [6.45, 7) is 4.54. The first-order valence-corrected chi connectivity index (χ1v) is 9.24. The Morgan fingerprint density at radius 2 is 1.79 bits per heavy atom. The van der Waals surface area contributed by atoms with Crippen molar-refractivity contribution in [2.75, 3.05) is 25.6 Å². The van der Waals surface area contributed by atoms with E-state index >= 15 is 0 Å². The van der Waals surface area contributed by atoms with E-state index in [-0.39, 0.29) is 0 Å². The number of nitrogens with zero attached hydrogens (tertiary/aromatic N) is 1. The number of carbonyl (C=O) groups is 2. The van der Waals surface area contributed by atoms with E-state index < -0.39 is 11.8 Å². The maximum absolute atomic E-state index is 12.0. The first-order chi connectivity index (χ1) is 14.0. The third-order valence-corrected chi connectivity index (χ3v) is 3.84. The molecule has 0 aliphatic carbocycles. The normalized spacial score (nSPS) is 10.5. The van der Waals surface area contributed by atoms with Crippen molar-refractivity contribution in [3.05, 3.63) is 47.0 Å². The number of para-hydroxylation sites is 2. The van der Waals surface area contributed by atoms with Crippen molar-refractivity contribution in [1.82, 2.24) is 5.43 Å². The Balaban J connectivity index is 2.04. The summed E-state index contributed by atoms with van der Waals surface area (Å²) in [5.41, 5.74) is 3.10. The Morgan fingerprint density at radius 1 is 1.07 bits per heavy atom. The lowest BCUT2D eigenvalue weighted by Gasteiger charge is -2.13. The number of hydrogen-bond acceptors (Lipinski definition) is 6. The lowest BCUT2D eigenvalue weighted by molar-refractivity contribution is -0.136. The zero-order valence-corrected chi connectivity index (χ0v) is 17.1. The number of methoxy groups -OCH3 is 1. The molecule has 0 bridgehead atoms. The van der Waals surface area contributed by atoms with Crippen molar-refractivity contribution in [1.29, 1.82) is 0 Å². The minimum Gasteiger partial charge on any atom is -0.495 e. The average Bonchev–Trinajstić information content (AvgIpc) is 2.71. The SMILES string of the molecule is CCOc1cc(/C=N\NC(=O)C(=O)Nc2ccccc2OC)cc(Cl)c1OCC. The smallest absolute Gasteiger partial charge is 0.329 e. The van der Waals surface area contributed by atoms with Crippen LogP contribution in [0.5, 0.6) is 17.2 Å². The van der Waals surface area contributed by atoms with Gasteiger partial charge in [0.1, 0.15) is 5.75 Å². The minimum atomic E-state index is -0.936. The number of anilines is 1. The molecule has 2 rings (SSSR count). The molecule has 2 amide bonds. The van der Waals surface area contributed by atoms with Gasteiger partial charge in [0.25, 0.3) is 0 Å². The number of rotatable bonds is 8. The van der Waals surface area contributed by atoms with Gasteiger partial charge in [-0.05, 0) is 43.7 Å². The molecule has 2 aromatic rings. The molecule has 154 valence electrons. The highest BCUT2D eigenvalue weighted by molar-refractivity contribution is 6.39. The molecule has 0 atom stereocenters. The number of ether oxygens (including phenoxy) is 3. The molecule has 2 aromatic carbocycles. The monoisotopic (exact) mass is 419 g/mol. The van der Waals surface area contributed by atoms with Crippen LogP contribution in [0.4, 0.5) is 5.69 Å². The Morgan fingerprint density at radius 3 is 2.48 bits per heavy atom. The molecule has 0 saturated carbocycles. The van der Waals surface area contributed by atoms with E-state index in [1.807, 2.05) is 13.8 Å². The molecule has 0 saturated heterocycles. The van der Waals surface area contributed by atoms with Crippen LogP contribution in [0.2, 0.25) is 5.02 Å². The predicted molar refractivity (Wildman–Crippen MR) is 111 cm³/mol.